The van der Waals surface area contributed by atoms with Crippen molar-refractivity contribution in [1.82, 2.24) is 25.2 Å². The summed E-state index contributed by atoms with van der Waals surface area (Å²) < 4.78 is 110. The molecule has 1 saturated heterocycles. The molecule has 0 spiro atoms. The molecule has 4 amide bonds. The van der Waals surface area contributed by atoms with E-state index in [1.807, 2.05) is 0 Å². The lowest BCUT2D eigenvalue weighted by Crippen LogP contribution is -2.58. The van der Waals surface area contributed by atoms with Crippen LogP contribution < -0.4 is 20.1 Å². The van der Waals surface area contributed by atoms with Gasteiger partial charge in [-0.15, -0.1) is 0 Å². The molecule has 302 valence electrons. The molecule has 19 heteroatoms. The second-order valence-corrected chi connectivity index (χ2v) is 17.0. The number of nitrogens with zero attached hydrogens (tertiary/aromatic N) is 2. The lowest BCUT2D eigenvalue weighted by molar-refractivity contribution is -0.175. The molecule has 4 heterocycles. The summed E-state index contributed by atoms with van der Waals surface area (Å²) in [5, 5.41) is 4.23. The van der Waals surface area contributed by atoms with E-state index in [2.05, 4.69) is 15.0 Å². The Morgan fingerprint density at radius 1 is 1.00 bits per heavy atom. The van der Waals surface area contributed by atoms with Crippen LogP contribution in [0.1, 0.15) is 57.8 Å². The molecule has 2 aromatic carbocycles. The molecule has 5 atom stereocenters. The maximum absolute atomic E-state index is 14.7. The van der Waals surface area contributed by atoms with Gasteiger partial charge in [0.2, 0.25) is 21.8 Å². The Balaban J connectivity index is 1.17. The van der Waals surface area contributed by atoms with Crippen molar-refractivity contribution in [2.45, 2.75) is 92.9 Å². The van der Waals surface area contributed by atoms with E-state index < -0.39 is 92.9 Å². The zero-order chi connectivity index (χ0) is 40.4. The monoisotopic (exact) mass is 817 g/mol. The highest BCUT2D eigenvalue weighted by molar-refractivity contribution is 7.91. The number of benzene rings is 2. The van der Waals surface area contributed by atoms with Crippen LogP contribution in [0.25, 0.3) is 33.0 Å². The zero-order valence-electron chi connectivity index (χ0n) is 30.0. The Labute approximate surface area is 321 Å². The Morgan fingerprint density at radius 2 is 1.75 bits per heavy atom. The van der Waals surface area contributed by atoms with Crippen LogP contribution in [0.4, 0.5) is 22.0 Å². The molecule has 4 aliphatic rings. The number of pyridine rings is 1. The van der Waals surface area contributed by atoms with Gasteiger partial charge < -0.3 is 24.7 Å². The Bertz CT molecular complexity index is 2470. The lowest BCUT2D eigenvalue weighted by atomic mass is 10.0. The number of sulfonamides is 1. The van der Waals surface area contributed by atoms with Crippen LogP contribution in [0.5, 0.6) is 5.75 Å². The first-order valence-electron chi connectivity index (χ1n) is 18.5. The van der Waals surface area contributed by atoms with Gasteiger partial charge in [0.1, 0.15) is 46.5 Å². The van der Waals surface area contributed by atoms with Gasteiger partial charge in [-0.05, 0) is 68.9 Å². The number of carbonyl (C=O) groups is 4. The average molecular weight is 818 g/mol. The van der Waals surface area contributed by atoms with E-state index in [0.29, 0.717) is 37.5 Å². The van der Waals surface area contributed by atoms with Gasteiger partial charge in [-0.2, -0.15) is 13.2 Å². The number of carbonyl (C=O) groups excluding carboxylic acids is 4. The second-order valence-electron chi connectivity index (χ2n) is 15.0. The maximum Gasteiger partial charge on any atom is 0.471 e. The quantitative estimate of drug-likeness (QED) is 0.182. The standard InChI is InChI=1S/C38H36F5N5O8S/c39-20-9-13-26-25(14-20)31(32-30(44-26)24-12-8-21(40)15-29(24)56-32)55-22-16-28-33(49)46-37(35(51)47-57(53,54)23-10-11-23)17-19(37)6-4-2-1-3-5-7-27(34(50)48(28)18-22)45-36(52)38(41,42)43/h4,6,8-9,12-15,19,22-23,27-28H,1-3,5,7,10-11,16-18H2,(H,45,52)(H,46,49)(H,47,51)/t19-,22-,27+,28+,37-/m1/s1. The number of hydrogen-bond donors (Lipinski definition) is 3. The van der Waals surface area contributed by atoms with Crippen LogP contribution >= 0.6 is 0 Å². The fourth-order valence-corrected chi connectivity index (χ4v) is 9.09. The van der Waals surface area contributed by atoms with Gasteiger partial charge in [0.05, 0.1) is 17.3 Å². The molecule has 3 N–H and O–H groups in total. The summed E-state index contributed by atoms with van der Waals surface area (Å²) in [6.45, 7) is -0.427. The number of alkyl halides is 3. The molecule has 8 rings (SSSR count). The summed E-state index contributed by atoms with van der Waals surface area (Å²) in [5.74, 6) is -7.22. The number of nitrogens with one attached hydrogen (secondary N) is 3. The number of aromatic nitrogens is 1. The first-order valence-corrected chi connectivity index (χ1v) is 20.1. The molecule has 3 fully saturated rings. The molecular formula is C38H36F5N5O8S. The van der Waals surface area contributed by atoms with Gasteiger partial charge in [-0.3, -0.25) is 23.9 Å². The van der Waals surface area contributed by atoms with Gasteiger partial charge in [0.25, 0.3) is 5.91 Å². The van der Waals surface area contributed by atoms with E-state index in [-0.39, 0.29) is 59.0 Å². The number of hydrogen-bond acceptors (Lipinski definition) is 9. The van der Waals surface area contributed by atoms with Crippen LogP contribution in [0.3, 0.4) is 0 Å². The molecule has 2 saturated carbocycles. The lowest BCUT2D eigenvalue weighted by Gasteiger charge is -2.30. The number of amides is 4. The van der Waals surface area contributed by atoms with Gasteiger partial charge in [-0.1, -0.05) is 25.0 Å². The molecule has 0 unspecified atom stereocenters. The molecular weight excluding hydrogens is 782 g/mol. The van der Waals surface area contributed by atoms with Crippen molar-refractivity contribution in [1.29, 1.82) is 0 Å². The number of fused-ring (bicyclic) bond motifs is 6. The molecule has 0 radical (unpaired) electrons. The molecule has 57 heavy (non-hydrogen) atoms. The highest BCUT2D eigenvalue weighted by Gasteiger charge is 2.62. The molecule has 2 aliphatic heterocycles. The highest BCUT2D eigenvalue weighted by Crippen LogP contribution is 2.46. The van der Waals surface area contributed by atoms with E-state index in [1.54, 1.807) is 17.5 Å². The molecule has 0 bridgehead atoms. The van der Waals surface area contributed by atoms with E-state index in [9.17, 15) is 49.5 Å². The second kappa shape index (κ2) is 14.2. The normalized spacial score (nSPS) is 26.0. The van der Waals surface area contributed by atoms with E-state index in [1.165, 1.54) is 24.3 Å². The van der Waals surface area contributed by atoms with Crippen LogP contribution in [0.15, 0.2) is 53.0 Å². The molecule has 4 aromatic rings. The van der Waals surface area contributed by atoms with Crippen LogP contribution in [0.2, 0.25) is 0 Å². The van der Waals surface area contributed by atoms with Gasteiger partial charge in [0.15, 0.2) is 11.3 Å². The van der Waals surface area contributed by atoms with Gasteiger partial charge in [-0.25, -0.2) is 22.2 Å². The fourth-order valence-electron chi connectivity index (χ4n) is 7.72. The number of halogens is 5. The minimum Gasteiger partial charge on any atom is -0.484 e. The largest absolute Gasteiger partial charge is 0.484 e. The van der Waals surface area contributed by atoms with Crippen molar-refractivity contribution in [2.75, 3.05) is 6.54 Å². The van der Waals surface area contributed by atoms with E-state index in [4.69, 9.17) is 9.15 Å². The predicted molar refractivity (Wildman–Crippen MR) is 193 cm³/mol. The summed E-state index contributed by atoms with van der Waals surface area (Å²) in [5.41, 5.74) is -1.15. The van der Waals surface area contributed by atoms with Crippen LogP contribution in [-0.4, -0.2) is 83.6 Å². The van der Waals surface area contributed by atoms with E-state index in [0.717, 1.165) is 17.0 Å². The molecule has 2 aromatic heterocycles. The SMILES string of the molecule is O=C1N[C@]2(C(=O)NS(=O)(=O)C3CC3)C[C@H]2C=CCCCCC[C@H](NC(=O)C(F)(F)F)C(=O)N2C[C@H](Oc3c4cc(F)ccc4nc4c3oc3cc(F)ccc34)C[C@@H]12. The Hall–Kier alpha value is -5.33. The Kier molecular flexibility index (Phi) is 9.63. The highest BCUT2D eigenvalue weighted by atomic mass is 32.2. The zero-order valence-corrected chi connectivity index (χ0v) is 30.9. The third kappa shape index (κ3) is 7.48. The summed E-state index contributed by atoms with van der Waals surface area (Å²) >= 11 is 0. The summed E-state index contributed by atoms with van der Waals surface area (Å²) in [7, 11) is -4.04. The van der Waals surface area contributed by atoms with Crippen molar-refractivity contribution >= 4 is 66.6 Å². The summed E-state index contributed by atoms with van der Waals surface area (Å²) in [6.07, 6.45) is -0.973. The van der Waals surface area contributed by atoms with Crippen LogP contribution in [-0.2, 0) is 29.2 Å². The van der Waals surface area contributed by atoms with Crippen molar-refractivity contribution in [3.8, 4) is 5.75 Å². The first-order chi connectivity index (χ1) is 27.0. The maximum atomic E-state index is 14.7. The summed E-state index contributed by atoms with van der Waals surface area (Å²) in [6, 6.07) is 4.22. The summed E-state index contributed by atoms with van der Waals surface area (Å²) in [4.78, 5) is 60.0. The minimum absolute atomic E-state index is 0.00985. The fraction of sp³-hybridized carbons (Fsp3) is 0.447. The molecule has 13 nitrogen and oxygen atoms in total. The van der Waals surface area contributed by atoms with E-state index >= 15 is 0 Å². The third-order valence-electron chi connectivity index (χ3n) is 11.0. The van der Waals surface area contributed by atoms with Crippen molar-refractivity contribution < 1.29 is 58.7 Å². The minimum atomic E-state index is -5.32. The number of allylic oxidation sites excluding steroid dienone is 1. The third-order valence-corrected chi connectivity index (χ3v) is 12.8. The molecule has 2 aliphatic carbocycles. The smallest absolute Gasteiger partial charge is 0.471 e. The number of furan rings is 1. The van der Waals surface area contributed by atoms with Crippen molar-refractivity contribution in [2.24, 2.45) is 5.92 Å². The van der Waals surface area contributed by atoms with Gasteiger partial charge >= 0.3 is 12.1 Å². The number of ether oxygens (including phenoxy) is 1. The first kappa shape index (κ1) is 38.5. The van der Waals surface area contributed by atoms with Crippen molar-refractivity contribution in [3.05, 3.63) is 60.2 Å². The van der Waals surface area contributed by atoms with Crippen LogP contribution in [0, 0.1) is 17.6 Å². The Morgan fingerprint density at radius 3 is 2.51 bits per heavy atom. The predicted octanol–water partition coefficient (Wildman–Crippen LogP) is 4.81. The van der Waals surface area contributed by atoms with Gasteiger partial charge in [0, 0.05) is 29.2 Å². The average Bonchev–Trinajstić information content (AvgIpc) is 4.05. The number of rotatable bonds is 6. The van der Waals surface area contributed by atoms with Crippen molar-refractivity contribution in [3.63, 3.8) is 0 Å². The topological polar surface area (TPSA) is 177 Å².